The molecule has 0 aliphatic heterocycles. The van der Waals surface area contributed by atoms with Gasteiger partial charge in [0.25, 0.3) is 0 Å². The zero-order valence-corrected chi connectivity index (χ0v) is 16.0. The molecule has 4 aliphatic rings. The molecule has 3 atom stereocenters. The topological polar surface area (TPSA) is 75.8 Å². The summed E-state index contributed by atoms with van der Waals surface area (Å²) in [6, 6.07) is 6.21. The van der Waals surface area contributed by atoms with Crippen LogP contribution in [0.4, 0.5) is 4.79 Å². The van der Waals surface area contributed by atoms with Gasteiger partial charge in [0, 0.05) is 5.56 Å². The van der Waals surface area contributed by atoms with Crippen LogP contribution in [-0.2, 0) is 0 Å². The van der Waals surface area contributed by atoms with Crippen LogP contribution in [0.15, 0.2) is 24.3 Å². The molecule has 1 aromatic carbocycles. The second-order valence-electron chi connectivity index (χ2n) is 8.77. The highest BCUT2D eigenvalue weighted by atomic mass is 16.5. The van der Waals surface area contributed by atoms with Gasteiger partial charge in [-0.2, -0.15) is 5.06 Å². The summed E-state index contributed by atoms with van der Waals surface area (Å²) in [6.07, 6.45) is 6.28. The van der Waals surface area contributed by atoms with Crippen molar-refractivity contribution in [1.29, 1.82) is 0 Å². The minimum atomic E-state index is -0.912. The fourth-order valence-electron chi connectivity index (χ4n) is 5.66. The Balaban J connectivity index is 1.49. The maximum Gasteiger partial charge on any atom is 0.339 e. The number of hydrogen-bond donors (Lipinski definition) is 2. The van der Waals surface area contributed by atoms with E-state index in [1.165, 1.54) is 32.1 Å². The quantitative estimate of drug-likeness (QED) is 0.484. The Bertz CT molecular complexity index is 780. The minimum Gasteiger partial charge on any atom is -0.487 e. The second kappa shape index (κ2) is 6.76. The monoisotopic (exact) mass is 368 g/mol. The van der Waals surface area contributed by atoms with Crippen LogP contribution in [0.5, 0.6) is 5.75 Å². The van der Waals surface area contributed by atoms with Crippen LogP contribution in [0.3, 0.4) is 0 Å². The van der Waals surface area contributed by atoms with Gasteiger partial charge in [0.2, 0.25) is 0 Å². The number of amides is 2. The number of carbonyl (C=O) groups is 1. The van der Waals surface area contributed by atoms with E-state index in [2.05, 4.69) is 18.8 Å². The Kier molecular flexibility index (Phi) is 4.55. The number of carbonyl (C=O) groups excluding carboxylic acids is 1. The first-order valence-corrected chi connectivity index (χ1v) is 9.93. The van der Waals surface area contributed by atoms with E-state index in [-0.39, 0.29) is 5.60 Å². The fraction of sp³-hybridized carbons (Fsp3) is 0.591. The fourth-order valence-corrected chi connectivity index (χ4v) is 5.66. The molecule has 3 N–H and O–H groups in total. The van der Waals surface area contributed by atoms with Gasteiger partial charge in [0.1, 0.15) is 17.4 Å². The van der Waals surface area contributed by atoms with Gasteiger partial charge in [-0.3, -0.25) is 5.21 Å². The largest absolute Gasteiger partial charge is 0.487 e. The zero-order chi connectivity index (χ0) is 19.2. The number of rotatable bonds is 3. The lowest BCUT2D eigenvalue weighted by atomic mass is 9.50. The summed E-state index contributed by atoms with van der Waals surface area (Å²) >= 11 is 0. The summed E-state index contributed by atoms with van der Waals surface area (Å²) in [4.78, 5) is 11.0. The normalized spacial score (nSPS) is 34.5. The Morgan fingerprint density at radius 3 is 2.70 bits per heavy atom. The average molecular weight is 368 g/mol. The molecule has 5 nitrogen and oxygen atoms in total. The van der Waals surface area contributed by atoms with Crippen molar-refractivity contribution in [3.63, 3.8) is 0 Å². The smallest absolute Gasteiger partial charge is 0.339 e. The van der Waals surface area contributed by atoms with Gasteiger partial charge in [-0.25, -0.2) is 4.79 Å². The average Bonchev–Trinajstić information content (AvgIpc) is 2.62. The third-order valence-corrected chi connectivity index (χ3v) is 6.87. The van der Waals surface area contributed by atoms with Gasteiger partial charge in [-0.1, -0.05) is 24.8 Å². The van der Waals surface area contributed by atoms with E-state index >= 15 is 0 Å². The molecule has 2 amide bonds. The van der Waals surface area contributed by atoms with Crippen molar-refractivity contribution < 1.29 is 14.7 Å². The van der Waals surface area contributed by atoms with E-state index in [4.69, 9.17) is 10.5 Å². The van der Waals surface area contributed by atoms with Gasteiger partial charge >= 0.3 is 6.03 Å². The molecule has 0 spiro atoms. The van der Waals surface area contributed by atoms with Crippen molar-refractivity contribution in [2.75, 3.05) is 0 Å². The zero-order valence-electron chi connectivity index (χ0n) is 16.0. The van der Waals surface area contributed by atoms with Gasteiger partial charge < -0.3 is 10.5 Å². The molecule has 4 fully saturated rings. The number of hydrogen-bond acceptors (Lipinski definition) is 3. The lowest BCUT2D eigenvalue weighted by Crippen LogP contribution is -2.56. The van der Waals surface area contributed by atoms with E-state index in [0.717, 1.165) is 35.0 Å². The van der Waals surface area contributed by atoms with E-state index < -0.39 is 12.1 Å². The Morgan fingerprint density at radius 2 is 2.04 bits per heavy atom. The molecule has 4 aliphatic carbocycles. The summed E-state index contributed by atoms with van der Waals surface area (Å²) in [5.74, 6) is 9.98. The van der Waals surface area contributed by atoms with Crippen LogP contribution in [0.25, 0.3) is 0 Å². The van der Waals surface area contributed by atoms with E-state index in [1.54, 1.807) is 6.92 Å². The Labute approximate surface area is 160 Å². The summed E-state index contributed by atoms with van der Waals surface area (Å²) in [5, 5.41) is 9.96. The molecule has 0 radical (unpaired) electrons. The van der Waals surface area contributed by atoms with Gasteiger partial charge in [-0.15, -0.1) is 0 Å². The first kappa shape index (κ1) is 18.2. The number of ether oxygens (including phenoxy) is 1. The summed E-state index contributed by atoms with van der Waals surface area (Å²) in [5.41, 5.74) is 5.85. The summed E-state index contributed by atoms with van der Waals surface area (Å²) < 4.78 is 6.59. The highest BCUT2D eigenvalue weighted by Crippen LogP contribution is 2.59. The van der Waals surface area contributed by atoms with Crippen molar-refractivity contribution in [1.82, 2.24) is 5.06 Å². The van der Waals surface area contributed by atoms with Crippen molar-refractivity contribution in [2.24, 2.45) is 29.4 Å². The highest BCUT2D eigenvalue weighted by molar-refractivity contribution is 5.71. The van der Waals surface area contributed by atoms with Crippen LogP contribution in [0, 0.1) is 35.5 Å². The van der Waals surface area contributed by atoms with Crippen LogP contribution in [-0.4, -0.2) is 27.9 Å². The van der Waals surface area contributed by atoms with Gasteiger partial charge in [-0.05, 0) is 80.9 Å². The number of urea groups is 1. The molecule has 0 saturated heterocycles. The number of primary amides is 1. The van der Waals surface area contributed by atoms with E-state index in [9.17, 15) is 10.0 Å². The van der Waals surface area contributed by atoms with Crippen LogP contribution >= 0.6 is 0 Å². The minimum absolute atomic E-state index is 0.00375. The number of benzene rings is 1. The highest BCUT2D eigenvalue weighted by Gasteiger charge is 2.55. The molecule has 27 heavy (non-hydrogen) atoms. The molecule has 5 rings (SSSR count). The molecule has 0 heterocycles. The third-order valence-electron chi connectivity index (χ3n) is 6.87. The molecule has 0 aromatic heterocycles. The van der Waals surface area contributed by atoms with Crippen LogP contribution in [0.2, 0.25) is 0 Å². The second-order valence-corrected chi connectivity index (χ2v) is 8.77. The first-order valence-electron chi connectivity index (χ1n) is 9.93. The van der Waals surface area contributed by atoms with Gasteiger partial charge in [0.15, 0.2) is 0 Å². The van der Waals surface area contributed by atoms with Crippen molar-refractivity contribution in [3.05, 3.63) is 29.8 Å². The standard InChI is InChI=1S/C22H28N2O3/c1-14(24(26)21(23)25)6-7-16-4-3-5-20(10-16)27-22-11-17-8-18(12-22)15(2)19(9-17)13-22/h3-5,10,14-15,17-19,26H,8-9,11-13H2,1-2H3,(H2,23,25)/t14-,15-,17+,18-,19-,22+/m1/s1. The summed E-state index contributed by atoms with van der Waals surface area (Å²) in [6.45, 7) is 4.05. The molecule has 1 aromatic rings. The first-order chi connectivity index (χ1) is 12.8. The number of nitrogens with two attached hydrogens (primary N) is 1. The van der Waals surface area contributed by atoms with Crippen molar-refractivity contribution in [3.8, 4) is 17.6 Å². The third kappa shape index (κ3) is 3.51. The lowest BCUT2D eigenvalue weighted by Gasteiger charge is -2.59. The molecule has 144 valence electrons. The van der Waals surface area contributed by atoms with E-state index in [1.807, 2.05) is 24.3 Å². The van der Waals surface area contributed by atoms with Crippen molar-refractivity contribution in [2.45, 2.75) is 57.6 Å². The van der Waals surface area contributed by atoms with Crippen LogP contribution < -0.4 is 10.5 Å². The Morgan fingerprint density at radius 1 is 1.33 bits per heavy atom. The van der Waals surface area contributed by atoms with E-state index in [0.29, 0.717) is 5.06 Å². The molecular formula is C22H28N2O3. The van der Waals surface area contributed by atoms with Gasteiger partial charge in [0.05, 0.1) is 0 Å². The Hall–Kier alpha value is -2.19. The molecular weight excluding hydrogens is 340 g/mol. The maximum atomic E-state index is 11.0. The van der Waals surface area contributed by atoms with Crippen LogP contribution in [0.1, 0.15) is 51.5 Å². The number of hydroxylamine groups is 2. The SMILES string of the molecule is C[C@H](C#Cc1cccc(O[C@]23C[C@H]4C[C@H](C[C@H](C2)[C@H]4C)C3)c1)N(O)C(N)=O. The molecule has 0 unspecified atom stereocenters. The predicted octanol–water partition coefficient (Wildman–Crippen LogP) is 3.79. The number of nitrogens with zero attached hydrogens (tertiary/aromatic N) is 1. The predicted molar refractivity (Wildman–Crippen MR) is 102 cm³/mol. The van der Waals surface area contributed by atoms with Crippen molar-refractivity contribution >= 4 is 6.03 Å². The molecule has 4 bridgehead atoms. The molecule has 5 heteroatoms. The lowest BCUT2D eigenvalue weighted by molar-refractivity contribution is -0.133. The summed E-state index contributed by atoms with van der Waals surface area (Å²) in [7, 11) is 0. The molecule has 4 saturated carbocycles. The maximum absolute atomic E-state index is 11.0.